The summed E-state index contributed by atoms with van der Waals surface area (Å²) in [5.41, 5.74) is 1.09. The maximum absolute atomic E-state index is 12.3. The van der Waals surface area contributed by atoms with Crippen molar-refractivity contribution >= 4 is 23.6 Å². The quantitative estimate of drug-likeness (QED) is 0.852. The molecule has 6 heteroatoms. The second kappa shape index (κ2) is 7.31. The molecule has 1 aromatic heterocycles. The zero-order chi connectivity index (χ0) is 15.4. The molecule has 2 fully saturated rings. The Bertz CT molecular complexity index is 493. The predicted octanol–water partition coefficient (Wildman–Crippen LogP) is 1.97. The molecule has 2 aliphatic heterocycles. The van der Waals surface area contributed by atoms with Gasteiger partial charge in [0, 0.05) is 56.5 Å². The normalized spacial score (nSPS) is 20.2. The molecule has 3 heterocycles. The van der Waals surface area contributed by atoms with Crippen LogP contribution in [0.5, 0.6) is 0 Å². The fourth-order valence-corrected chi connectivity index (χ4v) is 3.98. The first-order valence-corrected chi connectivity index (χ1v) is 9.27. The number of rotatable bonds is 3. The van der Waals surface area contributed by atoms with Crippen LogP contribution in [0.15, 0.2) is 12.4 Å². The van der Waals surface area contributed by atoms with Gasteiger partial charge in [-0.2, -0.15) is 11.8 Å². The Morgan fingerprint density at radius 3 is 2.45 bits per heavy atom. The molecule has 0 atom stereocenters. The number of nitrogens with zero attached hydrogens (tertiary/aromatic N) is 4. The number of aromatic nitrogens is 2. The maximum atomic E-state index is 12.3. The monoisotopic (exact) mass is 320 g/mol. The molecule has 0 aliphatic carbocycles. The minimum atomic E-state index is 0.352. The minimum absolute atomic E-state index is 0.352. The Labute approximate surface area is 136 Å². The van der Waals surface area contributed by atoms with Crippen LogP contribution in [0.2, 0.25) is 0 Å². The molecule has 120 valence electrons. The Morgan fingerprint density at radius 2 is 1.82 bits per heavy atom. The van der Waals surface area contributed by atoms with Gasteiger partial charge in [-0.05, 0) is 31.2 Å². The number of amides is 1. The second-order valence-electron chi connectivity index (χ2n) is 6.19. The lowest BCUT2D eigenvalue weighted by atomic mass is 9.93. The predicted molar refractivity (Wildman–Crippen MR) is 90.2 cm³/mol. The molecule has 1 aromatic rings. The van der Waals surface area contributed by atoms with Crippen LogP contribution in [-0.2, 0) is 4.79 Å². The summed E-state index contributed by atoms with van der Waals surface area (Å²) in [5.74, 6) is 3.88. The molecule has 5 nitrogen and oxygen atoms in total. The maximum Gasteiger partial charge on any atom is 0.225 e. The third kappa shape index (κ3) is 3.91. The van der Waals surface area contributed by atoms with E-state index in [4.69, 9.17) is 0 Å². The van der Waals surface area contributed by atoms with Gasteiger partial charge in [0.25, 0.3) is 0 Å². The van der Waals surface area contributed by atoms with Crippen molar-refractivity contribution in [1.29, 1.82) is 0 Å². The standard InChI is InChI=1S/C16H24N4OS/c1-13-11-17-16(18-12-13)20-4-2-14(3-5-20)10-15(21)19-6-8-22-9-7-19/h11-12,14H,2-10H2,1H3. The van der Waals surface area contributed by atoms with Crippen molar-refractivity contribution in [2.24, 2.45) is 5.92 Å². The van der Waals surface area contributed by atoms with Gasteiger partial charge in [-0.15, -0.1) is 0 Å². The molecule has 0 aromatic carbocycles. The van der Waals surface area contributed by atoms with Gasteiger partial charge in [-0.1, -0.05) is 0 Å². The van der Waals surface area contributed by atoms with E-state index >= 15 is 0 Å². The van der Waals surface area contributed by atoms with Crippen LogP contribution < -0.4 is 4.90 Å². The molecule has 2 aliphatic rings. The number of hydrogen-bond acceptors (Lipinski definition) is 5. The highest BCUT2D eigenvalue weighted by Gasteiger charge is 2.25. The topological polar surface area (TPSA) is 49.3 Å². The van der Waals surface area contributed by atoms with Gasteiger partial charge in [-0.3, -0.25) is 4.79 Å². The number of aryl methyl sites for hydroxylation is 1. The van der Waals surface area contributed by atoms with Crippen LogP contribution in [0.4, 0.5) is 5.95 Å². The van der Waals surface area contributed by atoms with E-state index in [1.165, 1.54) is 0 Å². The summed E-state index contributed by atoms with van der Waals surface area (Å²) in [4.78, 5) is 25.4. The average Bonchev–Trinajstić information content (AvgIpc) is 2.57. The van der Waals surface area contributed by atoms with Gasteiger partial charge in [-0.25, -0.2) is 9.97 Å². The highest BCUT2D eigenvalue weighted by Crippen LogP contribution is 2.24. The molecule has 1 amide bonds. The fourth-order valence-electron chi connectivity index (χ4n) is 3.07. The summed E-state index contributed by atoms with van der Waals surface area (Å²) in [5, 5.41) is 0. The summed E-state index contributed by atoms with van der Waals surface area (Å²) >= 11 is 1.95. The van der Waals surface area contributed by atoms with E-state index in [0.29, 0.717) is 18.2 Å². The minimum Gasteiger partial charge on any atom is -0.341 e. The lowest BCUT2D eigenvalue weighted by Gasteiger charge is -2.33. The van der Waals surface area contributed by atoms with Crippen molar-refractivity contribution in [2.75, 3.05) is 42.6 Å². The summed E-state index contributed by atoms with van der Waals surface area (Å²) < 4.78 is 0. The number of carbonyl (C=O) groups is 1. The van der Waals surface area contributed by atoms with Crippen LogP contribution in [-0.4, -0.2) is 58.5 Å². The zero-order valence-corrected chi connectivity index (χ0v) is 14.0. The molecule has 0 unspecified atom stereocenters. The highest BCUT2D eigenvalue weighted by molar-refractivity contribution is 7.99. The van der Waals surface area contributed by atoms with Crippen LogP contribution >= 0.6 is 11.8 Å². The molecule has 3 rings (SSSR count). The Kier molecular flexibility index (Phi) is 5.18. The molecule has 2 saturated heterocycles. The van der Waals surface area contributed by atoms with Crippen molar-refractivity contribution in [3.8, 4) is 0 Å². The zero-order valence-electron chi connectivity index (χ0n) is 13.2. The average molecular weight is 320 g/mol. The first kappa shape index (κ1) is 15.6. The van der Waals surface area contributed by atoms with Crippen LogP contribution in [0.1, 0.15) is 24.8 Å². The SMILES string of the molecule is Cc1cnc(N2CCC(CC(=O)N3CCSCC3)CC2)nc1. The summed E-state index contributed by atoms with van der Waals surface area (Å²) in [6, 6.07) is 0. The summed E-state index contributed by atoms with van der Waals surface area (Å²) in [6.07, 6.45) is 6.57. The molecule has 22 heavy (non-hydrogen) atoms. The number of thioether (sulfide) groups is 1. The highest BCUT2D eigenvalue weighted by atomic mass is 32.2. The Morgan fingerprint density at radius 1 is 1.18 bits per heavy atom. The third-order valence-corrected chi connectivity index (χ3v) is 5.43. The molecular weight excluding hydrogens is 296 g/mol. The molecule has 0 bridgehead atoms. The third-order valence-electron chi connectivity index (χ3n) is 4.49. The second-order valence-corrected chi connectivity index (χ2v) is 7.41. The largest absolute Gasteiger partial charge is 0.341 e. The van der Waals surface area contributed by atoms with Gasteiger partial charge in [0.2, 0.25) is 11.9 Å². The molecule has 0 spiro atoms. The van der Waals surface area contributed by atoms with Gasteiger partial charge in [0.1, 0.15) is 0 Å². The van der Waals surface area contributed by atoms with Crippen molar-refractivity contribution in [1.82, 2.24) is 14.9 Å². The number of hydrogen-bond donors (Lipinski definition) is 0. The van der Waals surface area contributed by atoms with Crippen molar-refractivity contribution in [2.45, 2.75) is 26.2 Å². The Hall–Kier alpha value is -1.30. The van der Waals surface area contributed by atoms with Crippen molar-refractivity contribution in [3.63, 3.8) is 0 Å². The Balaban J connectivity index is 1.47. The number of piperidine rings is 1. The van der Waals surface area contributed by atoms with Crippen LogP contribution in [0.3, 0.4) is 0 Å². The number of carbonyl (C=O) groups excluding carboxylic acids is 1. The van der Waals surface area contributed by atoms with Gasteiger partial charge >= 0.3 is 0 Å². The van der Waals surface area contributed by atoms with Crippen molar-refractivity contribution in [3.05, 3.63) is 18.0 Å². The first-order chi connectivity index (χ1) is 10.7. The fraction of sp³-hybridized carbons (Fsp3) is 0.688. The lowest BCUT2D eigenvalue weighted by Crippen LogP contribution is -2.41. The van der Waals surface area contributed by atoms with Crippen LogP contribution in [0, 0.1) is 12.8 Å². The van der Waals surface area contributed by atoms with Gasteiger partial charge in [0.05, 0.1) is 0 Å². The van der Waals surface area contributed by atoms with Gasteiger partial charge < -0.3 is 9.80 Å². The van der Waals surface area contributed by atoms with E-state index in [-0.39, 0.29) is 0 Å². The van der Waals surface area contributed by atoms with E-state index in [9.17, 15) is 4.79 Å². The smallest absolute Gasteiger partial charge is 0.225 e. The van der Waals surface area contributed by atoms with E-state index in [1.807, 2.05) is 36.0 Å². The van der Waals surface area contributed by atoms with E-state index in [2.05, 4.69) is 14.9 Å². The van der Waals surface area contributed by atoms with E-state index in [1.54, 1.807) is 0 Å². The summed E-state index contributed by atoms with van der Waals surface area (Å²) in [6.45, 7) is 5.77. The van der Waals surface area contributed by atoms with E-state index in [0.717, 1.165) is 62.0 Å². The molecule has 0 saturated carbocycles. The lowest BCUT2D eigenvalue weighted by molar-refractivity contribution is -0.132. The molecule has 0 radical (unpaired) electrons. The van der Waals surface area contributed by atoms with Crippen molar-refractivity contribution < 1.29 is 4.79 Å². The van der Waals surface area contributed by atoms with Crippen LogP contribution in [0.25, 0.3) is 0 Å². The van der Waals surface area contributed by atoms with Gasteiger partial charge in [0.15, 0.2) is 0 Å². The summed E-state index contributed by atoms with van der Waals surface area (Å²) in [7, 11) is 0. The van der Waals surface area contributed by atoms with E-state index < -0.39 is 0 Å². The first-order valence-electron chi connectivity index (χ1n) is 8.11. The molecular formula is C16H24N4OS. The molecule has 0 N–H and O–H groups in total. The number of anilines is 1.